The number of hydrazine groups is 1. The van der Waals surface area contributed by atoms with Crippen LogP contribution in [0.2, 0.25) is 5.02 Å². The molecule has 0 radical (unpaired) electrons. The number of nitrogens with one attached hydrogen (secondary N) is 3. The van der Waals surface area contributed by atoms with E-state index in [1.807, 2.05) is 0 Å². The summed E-state index contributed by atoms with van der Waals surface area (Å²) in [6.45, 7) is 0. The summed E-state index contributed by atoms with van der Waals surface area (Å²) in [7, 11) is -2.39. The molecule has 0 heterocycles. The molecule has 0 spiro atoms. The maximum absolute atomic E-state index is 12.0. The van der Waals surface area contributed by atoms with Gasteiger partial charge in [-0.25, -0.2) is 13.1 Å². The highest BCUT2D eigenvalue weighted by atomic mass is 35.5. The van der Waals surface area contributed by atoms with Crippen molar-refractivity contribution in [1.82, 2.24) is 15.6 Å². The number of halogens is 1. The molecule has 0 saturated heterocycles. The molecule has 0 saturated carbocycles. The van der Waals surface area contributed by atoms with Gasteiger partial charge in [-0.1, -0.05) is 23.7 Å². The van der Waals surface area contributed by atoms with E-state index in [1.165, 1.54) is 43.4 Å². The Kier molecular flexibility index (Phi) is 5.55. The SMILES string of the molecule is CNS(=O)(=O)c1cccc(C(=O)NNC(=O)c2cccc(Cl)c2)c1. The Hall–Kier alpha value is -2.42. The van der Waals surface area contributed by atoms with Crippen LogP contribution in [0.3, 0.4) is 0 Å². The highest BCUT2D eigenvalue weighted by Crippen LogP contribution is 2.12. The molecule has 0 aliphatic heterocycles. The number of benzene rings is 2. The molecule has 7 nitrogen and oxygen atoms in total. The fourth-order valence-electron chi connectivity index (χ4n) is 1.81. The Morgan fingerprint density at radius 1 is 0.917 bits per heavy atom. The Balaban J connectivity index is 2.08. The van der Waals surface area contributed by atoms with Crippen molar-refractivity contribution in [1.29, 1.82) is 0 Å². The van der Waals surface area contributed by atoms with E-state index in [0.717, 1.165) is 0 Å². The summed E-state index contributed by atoms with van der Waals surface area (Å²) < 4.78 is 25.6. The zero-order chi connectivity index (χ0) is 17.7. The molecule has 0 unspecified atom stereocenters. The van der Waals surface area contributed by atoms with E-state index in [4.69, 9.17) is 11.6 Å². The molecule has 9 heteroatoms. The number of rotatable bonds is 4. The minimum atomic E-state index is -3.67. The molecule has 0 atom stereocenters. The Morgan fingerprint density at radius 3 is 2.00 bits per heavy atom. The predicted octanol–water partition coefficient (Wildman–Crippen LogP) is 1.32. The van der Waals surface area contributed by atoms with E-state index in [0.29, 0.717) is 5.02 Å². The van der Waals surface area contributed by atoms with Gasteiger partial charge in [0, 0.05) is 16.1 Å². The van der Waals surface area contributed by atoms with Crippen molar-refractivity contribution in [3.63, 3.8) is 0 Å². The molecule has 0 aromatic heterocycles. The summed E-state index contributed by atoms with van der Waals surface area (Å²) >= 11 is 5.79. The highest BCUT2D eigenvalue weighted by Gasteiger charge is 2.15. The summed E-state index contributed by atoms with van der Waals surface area (Å²) in [5, 5.41) is 0.388. The second-order valence-electron chi connectivity index (χ2n) is 4.65. The van der Waals surface area contributed by atoms with Gasteiger partial charge >= 0.3 is 0 Å². The first-order valence-electron chi connectivity index (χ1n) is 6.73. The molecular formula is C15H14ClN3O4S. The minimum absolute atomic E-state index is 0.0567. The van der Waals surface area contributed by atoms with Crippen molar-refractivity contribution < 1.29 is 18.0 Å². The fraction of sp³-hybridized carbons (Fsp3) is 0.0667. The second-order valence-corrected chi connectivity index (χ2v) is 6.98. The van der Waals surface area contributed by atoms with Crippen LogP contribution in [-0.4, -0.2) is 27.3 Å². The van der Waals surface area contributed by atoms with Crippen LogP contribution in [0, 0.1) is 0 Å². The van der Waals surface area contributed by atoms with Crippen molar-refractivity contribution >= 4 is 33.4 Å². The van der Waals surface area contributed by atoms with Gasteiger partial charge in [-0.15, -0.1) is 0 Å². The van der Waals surface area contributed by atoms with Gasteiger partial charge < -0.3 is 0 Å². The lowest BCUT2D eigenvalue weighted by Crippen LogP contribution is -2.41. The first-order valence-corrected chi connectivity index (χ1v) is 8.59. The molecule has 2 amide bonds. The average molecular weight is 368 g/mol. The lowest BCUT2D eigenvalue weighted by Gasteiger charge is -2.09. The lowest BCUT2D eigenvalue weighted by molar-refractivity contribution is 0.0846. The monoisotopic (exact) mass is 367 g/mol. The molecule has 0 bridgehead atoms. The van der Waals surface area contributed by atoms with Crippen molar-refractivity contribution in [3.8, 4) is 0 Å². The number of hydrogen-bond donors (Lipinski definition) is 3. The number of amides is 2. The Bertz CT molecular complexity index is 884. The van der Waals surface area contributed by atoms with E-state index in [2.05, 4.69) is 15.6 Å². The summed E-state index contributed by atoms with van der Waals surface area (Å²) in [6, 6.07) is 11.6. The number of carbonyl (C=O) groups excluding carboxylic acids is 2. The maximum Gasteiger partial charge on any atom is 0.269 e. The Labute approximate surface area is 144 Å². The van der Waals surface area contributed by atoms with E-state index in [-0.39, 0.29) is 16.0 Å². The third-order valence-electron chi connectivity index (χ3n) is 3.05. The van der Waals surface area contributed by atoms with Crippen LogP contribution in [-0.2, 0) is 10.0 Å². The third-order valence-corrected chi connectivity index (χ3v) is 4.70. The molecule has 0 fully saturated rings. The van der Waals surface area contributed by atoms with Crippen LogP contribution in [0.5, 0.6) is 0 Å². The fourth-order valence-corrected chi connectivity index (χ4v) is 2.78. The molecule has 0 aliphatic carbocycles. The van der Waals surface area contributed by atoms with Crippen LogP contribution in [0.25, 0.3) is 0 Å². The number of carbonyl (C=O) groups is 2. The predicted molar refractivity (Wildman–Crippen MR) is 89.1 cm³/mol. The normalized spacial score (nSPS) is 10.9. The molecule has 0 aliphatic rings. The quantitative estimate of drug-likeness (QED) is 0.709. The number of sulfonamides is 1. The zero-order valence-electron chi connectivity index (χ0n) is 12.5. The van der Waals surface area contributed by atoms with Gasteiger partial charge in [0.25, 0.3) is 11.8 Å². The summed E-state index contributed by atoms with van der Waals surface area (Å²) in [4.78, 5) is 23.9. The molecule has 3 N–H and O–H groups in total. The largest absolute Gasteiger partial charge is 0.269 e. The Morgan fingerprint density at radius 2 is 1.46 bits per heavy atom. The van der Waals surface area contributed by atoms with Gasteiger partial charge in [0.15, 0.2) is 0 Å². The highest BCUT2D eigenvalue weighted by molar-refractivity contribution is 7.89. The van der Waals surface area contributed by atoms with Gasteiger partial charge in [0.2, 0.25) is 10.0 Å². The second kappa shape index (κ2) is 7.43. The van der Waals surface area contributed by atoms with Crippen molar-refractivity contribution in [2.75, 3.05) is 7.05 Å². The first kappa shape index (κ1) is 17.9. The van der Waals surface area contributed by atoms with Crippen LogP contribution >= 0.6 is 11.6 Å². The van der Waals surface area contributed by atoms with Gasteiger partial charge in [-0.2, -0.15) is 0 Å². The summed E-state index contributed by atoms with van der Waals surface area (Å²) in [5.74, 6) is -1.21. The van der Waals surface area contributed by atoms with Crippen LogP contribution in [0.1, 0.15) is 20.7 Å². The molecule has 2 rings (SSSR count). The van der Waals surface area contributed by atoms with Crippen molar-refractivity contribution in [2.45, 2.75) is 4.90 Å². The molecular weight excluding hydrogens is 354 g/mol. The van der Waals surface area contributed by atoms with Gasteiger partial charge in [-0.3, -0.25) is 20.4 Å². The average Bonchev–Trinajstić information content (AvgIpc) is 2.59. The zero-order valence-corrected chi connectivity index (χ0v) is 14.1. The molecule has 126 valence electrons. The van der Waals surface area contributed by atoms with Crippen LogP contribution in [0.15, 0.2) is 53.4 Å². The van der Waals surface area contributed by atoms with Crippen molar-refractivity contribution in [2.24, 2.45) is 0 Å². The maximum atomic E-state index is 12.0. The molecule has 2 aromatic carbocycles. The first-order chi connectivity index (χ1) is 11.3. The van der Waals surface area contributed by atoms with Gasteiger partial charge in [0.05, 0.1) is 4.90 Å². The van der Waals surface area contributed by atoms with Crippen LogP contribution in [0.4, 0.5) is 0 Å². The minimum Gasteiger partial charge on any atom is -0.267 e. The summed E-state index contributed by atoms with van der Waals surface area (Å²) in [5.41, 5.74) is 4.80. The molecule has 2 aromatic rings. The van der Waals surface area contributed by atoms with E-state index >= 15 is 0 Å². The third kappa shape index (κ3) is 4.31. The van der Waals surface area contributed by atoms with Crippen LogP contribution < -0.4 is 15.6 Å². The van der Waals surface area contributed by atoms with E-state index in [9.17, 15) is 18.0 Å². The van der Waals surface area contributed by atoms with E-state index < -0.39 is 21.8 Å². The standard InChI is InChI=1S/C15H14ClN3O4S/c1-17-24(22,23)13-7-3-5-11(9-13)15(21)19-18-14(20)10-4-2-6-12(16)8-10/h2-9,17H,1H3,(H,18,20)(H,19,21). The summed E-state index contributed by atoms with van der Waals surface area (Å²) in [6.07, 6.45) is 0. The van der Waals surface area contributed by atoms with Gasteiger partial charge in [-0.05, 0) is 43.4 Å². The van der Waals surface area contributed by atoms with Crippen molar-refractivity contribution in [3.05, 3.63) is 64.7 Å². The lowest BCUT2D eigenvalue weighted by atomic mass is 10.2. The van der Waals surface area contributed by atoms with Gasteiger partial charge in [0.1, 0.15) is 0 Å². The number of hydrogen-bond acceptors (Lipinski definition) is 4. The molecule has 24 heavy (non-hydrogen) atoms. The topological polar surface area (TPSA) is 104 Å². The van der Waals surface area contributed by atoms with E-state index in [1.54, 1.807) is 12.1 Å². The smallest absolute Gasteiger partial charge is 0.267 e.